The largest absolute Gasteiger partial charge is 0.349 e. The molecule has 29 heavy (non-hydrogen) atoms. The number of nitrogens with one attached hydrogen (secondary N) is 2. The van der Waals surface area contributed by atoms with Crippen molar-refractivity contribution in [3.63, 3.8) is 0 Å². The number of aromatic nitrogens is 5. The fourth-order valence-electron chi connectivity index (χ4n) is 2.34. The lowest BCUT2D eigenvalue weighted by molar-refractivity contribution is 0.0939. The van der Waals surface area contributed by atoms with Crippen LogP contribution in [0.15, 0.2) is 36.9 Å². The van der Waals surface area contributed by atoms with Crippen LogP contribution in [-0.2, 0) is 7.05 Å². The Kier molecular flexibility index (Phi) is 5.75. The normalized spacial score (nSPS) is 11.0. The molecule has 9 nitrogen and oxygen atoms in total. The van der Waals surface area contributed by atoms with E-state index < -0.39 is 5.41 Å². The molecule has 2 N–H and O–H groups in total. The molecule has 0 spiro atoms. The van der Waals surface area contributed by atoms with Gasteiger partial charge in [0.25, 0.3) is 5.91 Å². The van der Waals surface area contributed by atoms with Gasteiger partial charge in [-0.05, 0) is 26.0 Å². The van der Waals surface area contributed by atoms with Crippen molar-refractivity contribution < 1.29 is 4.79 Å². The monoisotopic (exact) mass is 410 g/mol. The number of aryl methyl sites for hydroxylation is 1. The Bertz CT molecular complexity index is 1070. The summed E-state index contributed by atoms with van der Waals surface area (Å²) in [5, 5.41) is 19.2. The van der Waals surface area contributed by atoms with Crippen LogP contribution in [0.3, 0.4) is 0 Å². The minimum atomic E-state index is -0.651. The van der Waals surface area contributed by atoms with Gasteiger partial charge in [0.2, 0.25) is 5.95 Å². The second-order valence-electron chi connectivity index (χ2n) is 7.03. The number of amides is 1. The van der Waals surface area contributed by atoms with Gasteiger partial charge in [-0.1, -0.05) is 11.6 Å². The Balaban J connectivity index is 1.76. The maximum Gasteiger partial charge on any atom is 0.269 e. The maximum atomic E-state index is 12.2. The van der Waals surface area contributed by atoms with E-state index in [4.69, 9.17) is 16.9 Å². The van der Waals surface area contributed by atoms with Crippen LogP contribution in [0.1, 0.15) is 24.3 Å². The molecule has 0 bridgehead atoms. The summed E-state index contributed by atoms with van der Waals surface area (Å²) in [5.74, 6) is 0.00514. The summed E-state index contributed by atoms with van der Waals surface area (Å²) in [6.07, 6.45) is 6.46. The number of nitrogens with zero attached hydrogens (tertiary/aromatic N) is 6. The summed E-state index contributed by atoms with van der Waals surface area (Å²) in [5.41, 5.74) is 1.45. The highest BCUT2D eigenvalue weighted by Gasteiger charge is 2.19. The Labute approximate surface area is 172 Å². The molecular formula is C19H19ClN8O. The van der Waals surface area contributed by atoms with Gasteiger partial charge in [-0.25, -0.2) is 9.97 Å². The van der Waals surface area contributed by atoms with Crippen LogP contribution in [-0.4, -0.2) is 37.2 Å². The molecule has 0 aliphatic heterocycles. The van der Waals surface area contributed by atoms with E-state index in [0.29, 0.717) is 22.2 Å². The van der Waals surface area contributed by atoms with Gasteiger partial charge in [0.05, 0.1) is 40.3 Å². The molecule has 0 aliphatic rings. The lowest BCUT2D eigenvalue weighted by atomic mass is 9.96. The van der Waals surface area contributed by atoms with Crippen LogP contribution in [0, 0.1) is 16.7 Å². The average molecular weight is 411 g/mol. The van der Waals surface area contributed by atoms with Crippen molar-refractivity contribution in [2.75, 3.05) is 11.9 Å². The van der Waals surface area contributed by atoms with E-state index in [-0.39, 0.29) is 18.1 Å². The summed E-state index contributed by atoms with van der Waals surface area (Å²) < 4.78 is 1.66. The number of rotatable bonds is 6. The highest BCUT2D eigenvalue weighted by Crippen LogP contribution is 2.26. The van der Waals surface area contributed by atoms with Crippen LogP contribution in [0.25, 0.3) is 11.3 Å². The van der Waals surface area contributed by atoms with Gasteiger partial charge in [-0.2, -0.15) is 10.4 Å². The average Bonchev–Trinajstić information content (AvgIpc) is 3.12. The summed E-state index contributed by atoms with van der Waals surface area (Å²) in [4.78, 5) is 25.0. The third kappa shape index (κ3) is 5.06. The van der Waals surface area contributed by atoms with Crippen molar-refractivity contribution in [1.29, 1.82) is 5.26 Å². The number of anilines is 2. The quantitative estimate of drug-likeness (QED) is 0.640. The van der Waals surface area contributed by atoms with Crippen molar-refractivity contribution in [2.24, 2.45) is 12.5 Å². The van der Waals surface area contributed by atoms with Crippen LogP contribution < -0.4 is 10.6 Å². The molecule has 3 aromatic rings. The van der Waals surface area contributed by atoms with Gasteiger partial charge in [0.15, 0.2) is 0 Å². The van der Waals surface area contributed by atoms with E-state index in [9.17, 15) is 4.79 Å². The van der Waals surface area contributed by atoms with Gasteiger partial charge in [-0.3, -0.25) is 14.5 Å². The van der Waals surface area contributed by atoms with Crippen molar-refractivity contribution in [2.45, 2.75) is 13.8 Å². The molecule has 0 fully saturated rings. The minimum absolute atomic E-state index is 0.229. The third-order valence-electron chi connectivity index (χ3n) is 3.97. The van der Waals surface area contributed by atoms with Gasteiger partial charge in [0, 0.05) is 31.5 Å². The van der Waals surface area contributed by atoms with E-state index in [0.717, 1.165) is 5.69 Å². The lowest BCUT2D eigenvalue weighted by Gasteiger charge is -2.15. The molecule has 3 aromatic heterocycles. The number of hydrogen-bond acceptors (Lipinski definition) is 7. The van der Waals surface area contributed by atoms with Crippen LogP contribution in [0.5, 0.6) is 0 Å². The van der Waals surface area contributed by atoms with Crippen molar-refractivity contribution >= 4 is 29.1 Å². The maximum absolute atomic E-state index is 12.2. The number of pyridine rings is 1. The smallest absolute Gasteiger partial charge is 0.269 e. The van der Waals surface area contributed by atoms with Gasteiger partial charge in [0.1, 0.15) is 5.69 Å². The highest BCUT2D eigenvalue weighted by molar-refractivity contribution is 6.32. The number of carbonyl (C=O) groups is 1. The van der Waals surface area contributed by atoms with E-state index in [2.05, 4.69) is 36.8 Å². The summed E-state index contributed by atoms with van der Waals surface area (Å²) >= 11 is 6.25. The zero-order valence-electron chi connectivity index (χ0n) is 16.1. The van der Waals surface area contributed by atoms with Gasteiger partial charge < -0.3 is 10.6 Å². The number of halogens is 1. The van der Waals surface area contributed by atoms with Crippen molar-refractivity contribution in [3.8, 4) is 17.3 Å². The molecule has 148 valence electrons. The minimum Gasteiger partial charge on any atom is -0.349 e. The predicted octanol–water partition coefficient (Wildman–Crippen LogP) is 2.95. The molecule has 10 heteroatoms. The molecule has 0 radical (unpaired) electrons. The predicted molar refractivity (Wildman–Crippen MR) is 108 cm³/mol. The summed E-state index contributed by atoms with van der Waals surface area (Å²) in [6, 6.07) is 5.42. The molecular weight excluding hydrogens is 392 g/mol. The number of carbonyl (C=O) groups excluding carboxylic acids is 1. The van der Waals surface area contributed by atoms with Crippen molar-refractivity contribution in [1.82, 2.24) is 30.0 Å². The second-order valence-corrected chi connectivity index (χ2v) is 7.44. The topological polar surface area (TPSA) is 121 Å². The molecule has 3 heterocycles. The second kappa shape index (κ2) is 8.24. The van der Waals surface area contributed by atoms with Crippen LogP contribution in [0.4, 0.5) is 11.6 Å². The Morgan fingerprint density at radius 1 is 1.28 bits per heavy atom. The zero-order valence-corrected chi connectivity index (χ0v) is 16.9. The number of hydrogen-bond donors (Lipinski definition) is 2. The van der Waals surface area contributed by atoms with E-state index in [1.54, 1.807) is 43.1 Å². The van der Waals surface area contributed by atoms with Gasteiger partial charge in [-0.15, -0.1) is 0 Å². The van der Waals surface area contributed by atoms with Crippen LogP contribution in [0.2, 0.25) is 5.02 Å². The molecule has 1 amide bonds. The standard InChI is InChI=1S/C19H19ClN8O/c1-19(2,10-21)11-24-17(29)15-5-4-12(6-22-15)16-14(20)8-23-18(27-16)26-13-7-25-28(3)9-13/h4-9H,11H2,1-3H3,(H,24,29)(H,23,26,27). The molecule has 0 saturated heterocycles. The first-order valence-corrected chi connectivity index (χ1v) is 9.09. The van der Waals surface area contributed by atoms with E-state index >= 15 is 0 Å². The molecule has 3 rings (SSSR count). The fourth-order valence-corrected chi connectivity index (χ4v) is 2.54. The first-order chi connectivity index (χ1) is 13.8. The van der Waals surface area contributed by atoms with E-state index in [1.807, 2.05) is 7.05 Å². The highest BCUT2D eigenvalue weighted by atomic mass is 35.5. The zero-order chi connectivity index (χ0) is 21.0. The van der Waals surface area contributed by atoms with E-state index in [1.165, 1.54) is 12.4 Å². The fraction of sp³-hybridized carbons (Fsp3) is 0.263. The first-order valence-electron chi connectivity index (χ1n) is 8.71. The molecule has 0 atom stereocenters. The third-order valence-corrected chi connectivity index (χ3v) is 4.24. The summed E-state index contributed by atoms with van der Waals surface area (Å²) in [7, 11) is 1.81. The molecule has 0 saturated carbocycles. The lowest BCUT2D eigenvalue weighted by Crippen LogP contribution is -2.33. The Morgan fingerprint density at radius 3 is 2.69 bits per heavy atom. The van der Waals surface area contributed by atoms with Crippen LogP contribution >= 0.6 is 11.6 Å². The number of nitriles is 1. The molecule has 0 unspecified atom stereocenters. The molecule has 0 aliphatic carbocycles. The Hall–Kier alpha value is -3.51. The SMILES string of the molecule is Cn1cc(Nc2ncc(Cl)c(-c3ccc(C(=O)NCC(C)(C)C#N)nc3)n2)cn1. The summed E-state index contributed by atoms with van der Waals surface area (Å²) in [6.45, 7) is 3.73. The first kappa shape index (κ1) is 20.2. The van der Waals surface area contributed by atoms with Gasteiger partial charge >= 0.3 is 0 Å². The Morgan fingerprint density at radius 2 is 2.07 bits per heavy atom. The molecule has 0 aromatic carbocycles. The van der Waals surface area contributed by atoms with Crippen molar-refractivity contribution in [3.05, 3.63) is 47.6 Å².